The van der Waals surface area contributed by atoms with Gasteiger partial charge in [-0.25, -0.2) is 0 Å². The molecule has 1 nitrogen and oxygen atoms in total. The average molecular weight is 421 g/mol. The van der Waals surface area contributed by atoms with E-state index in [0.29, 0.717) is 20.6 Å². The number of hydrogen-bond donors (Lipinski definition) is 0. The zero-order valence-corrected chi connectivity index (χ0v) is 13.1. The molecule has 0 heterocycles. The number of benzene rings is 2. The van der Waals surface area contributed by atoms with Gasteiger partial charge < -0.3 is 0 Å². The molecule has 0 saturated heterocycles. The number of halogens is 3. The van der Waals surface area contributed by atoms with Gasteiger partial charge in [0.25, 0.3) is 0 Å². The molecule has 0 N–H and O–H groups in total. The summed E-state index contributed by atoms with van der Waals surface area (Å²) < 4.78 is 1.82. The van der Waals surface area contributed by atoms with Crippen molar-refractivity contribution in [1.29, 1.82) is 0 Å². The molecular weight excluding hydrogens is 414 g/mol. The first-order valence-electron chi connectivity index (χ1n) is 4.83. The highest BCUT2D eigenvalue weighted by Crippen LogP contribution is 2.24. The van der Waals surface area contributed by atoms with E-state index in [2.05, 4.69) is 38.5 Å². The van der Waals surface area contributed by atoms with E-state index >= 15 is 0 Å². The highest BCUT2D eigenvalue weighted by molar-refractivity contribution is 14.1. The van der Waals surface area contributed by atoms with Crippen LogP contribution in [0.4, 0.5) is 0 Å². The normalized spacial score (nSPS) is 10.3. The molecule has 2 aromatic rings. The molecule has 4 heteroatoms. The maximum atomic E-state index is 12.2. The van der Waals surface area contributed by atoms with Crippen LogP contribution in [0.2, 0.25) is 5.02 Å². The quantitative estimate of drug-likeness (QED) is 0.496. The third kappa shape index (κ3) is 3.09. The minimum atomic E-state index is -0.00931. The van der Waals surface area contributed by atoms with Gasteiger partial charge in [-0.1, -0.05) is 11.6 Å². The predicted molar refractivity (Wildman–Crippen MR) is 81.7 cm³/mol. The SMILES string of the molecule is O=C(c1ccc(I)cc1)c1ccc(Cl)cc1Br. The minimum Gasteiger partial charge on any atom is -0.289 e. The lowest BCUT2D eigenvalue weighted by Crippen LogP contribution is -2.02. The molecule has 0 spiro atoms. The zero-order chi connectivity index (χ0) is 12.4. The predicted octanol–water partition coefficient (Wildman–Crippen LogP) is 4.94. The van der Waals surface area contributed by atoms with E-state index in [1.54, 1.807) is 18.2 Å². The molecule has 0 aliphatic rings. The van der Waals surface area contributed by atoms with Crippen LogP contribution in [0.1, 0.15) is 15.9 Å². The fraction of sp³-hybridized carbons (Fsp3) is 0. The van der Waals surface area contributed by atoms with Gasteiger partial charge in [-0.15, -0.1) is 0 Å². The maximum Gasteiger partial charge on any atom is 0.194 e. The summed E-state index contributed by atoms with van der Waals surface area (Å²) in [6.07, 6.45) is 0. The third-order valence-electron chi connectivity index (χ3n) is 2.28. The molecule has 0 bridgehead atoms. The lowest BCUT2D eigenvalue weighted by molar-refractivity contribution is 0.103. The smallest absolute Gasteiger partial charge is 0.194 e. The van der Waals surface area contributed by atoms with Gasteiger partial charge in [0.1, 0.15) is 0 Å². The van der Waals surface area contributed by atoms with Gasteiger partial charge >= 0.3 is 0 Å². The Hall–Kier alpha value is -0.390. The first kappa shape index (κ1) is 13.1. The van der Waals surface area contributed by atoms with E-state index in [0.717, 1.165) is 3.57 Å². The molecule has 0 aliphatic heterocycles. The Balaban J connectivity index is 2.40. The van der Waals surface area contributed by atoms with Crippen molar-refractivity contribution in [2.75, 3.05) is 0 Å². The van der Waals surface area contributed by atoms with Gasteiger partial charge in [-0.3, -0.25) is 4.79 Å². The Morgan fingerprint density at radius 2 is 1.76 bits per heavy atom. The Kier molecular flexibility index (Phi) is 4.22. The standard InChI is InChI=1S/C13H7BrClIO/c14-12-7-9(15)3-6-11(12)13(17)8-1-4-10(16)5-2-8/h1-7H. The first-order valence-corrected chi connectivity index (χ1v) is 7.08. The molecule has 0 amide bonds. The monoisotopic (exact) mass is 420 g/mol. The van der Waals surface area contributed by atoms with Crippen molar-refractivity contribution < 1.29 is 4.79 Å². The van der Waals surface area contributed by atoms with Crippen LogP contribution in [0.15, 0.2) is 46.9 Å². The largest absolute Gasteiger partial charge is 0.289 e. The van der Waals surface area contributed by atoms with E-state index in [1.165, 1.54) is 0 Å². The van der Waals surface area contributed by atoms with Crippen LogP contribution in [0.25, 0.3) is 0 Å². The molecule has 2 aromatic carbocycles. The topological polar surface area (TPSA) is 17.1 Å². The zero-order valence-electron chi connectivity index (χ0n) is 8.58. The minimum absolute atomic E-state index is 0.00931. The van der Waals surface area contributed by atoms with E-state index < -0.39 is 0 Å². The average Bonchev–Trinajstić information content (AvgIpc) is 2.29. The molecule has 17 heavy (non-hydrogen) atoms. The van der Waals surface area contributed by atoms with Crippen LogP contribution in [-0.2, 0) is 0 Å². The number of ketones is 1. The second-order valence-corrected chi connectivity index (χ2v) is 6.00. The van der Waals surface area contributed by atoms with Crippen LogP contribution in [0, 0.1) is 3.57 Å². The van der Waals surface area contributed by atoms with E-state index in [4.69, 9.17) is 11.6 Å². The number of rotatable bonds is 2. The van der Waals surface area contributed by atoms with Gasteiger partial charge in [0, 0.05) is 24.2 Å². The Labute approximate surface area is 126 Å². The number of carbonyl (C=O) groups is 1. The van der Waals surface area contributed by atoms with Gasteiger partial charge in [-0.05, 0) is 81.0 Å². The second kappa shape index (κ2) is 5.50. The fourth-order valence-electron chi connectivity index (χ4n) is 1.43. The summed E-state index contributed by atoms with van der Waals surface area (Å²) in [6, 6.07) is 12.6. The Morgan fingerprint density at radius 3 is 2.35 bits per heavy atom. The molecule has 0 aliphatic carbocycles. The summed E-state index contributed by atoms with van der Waals surface area (Å²) in [7, 11) is 0. The van der Waals surface area contributed by atoms with Gasteiger partial charge in [0.05, 0.1) is 0 Å². The van der Waals surface area contributed by atoms with Crippen molar-refractivity contribution >= 4 is 55.9 Å². The van der Waals surface area contributed by atoms with Gasteiger partial charge in [-0.2, -0.15) is 0 Å². The molecule has 2 rings (SSSR count). The van der Waals surface area contributed by atoms with Crippen LogP contribution >= 0.6 is 50.1 Å². The summed E-state index contributed by atoms with van der Waals surface area (Å²) in [6.45, 7) is 0. The van der Waals surface area contributed by atoms with Crippen molar-refractivity contribution in [1.82, 2.24) is 0 Å². The summed E-state index contributed by atoms with van der Waals surface area (Å²) >= 11 is 11.4. The van der Waals surface area contributed by atoms with Crippen LogP contribution in [0.5, 0.6) is 0 Å². The van der Waals surface area contributed by atoms with Crippen LogP contribution < -0.4 is 0 Å². The molecular formula is C13H7BrClIO. The molecule has 86 valence electrons. The summed E-state index contributed by atoms with van der Waals surface area (Å²) in [5.41, 5.74) is 1.30. The Bertz CT molecular complexity index is 566. The van der Waals surface area contributed by atoms with E-state index in [1.807, 2.05) is 24.3 Å². The summed E-state index contributed by atoms with van der Waals surface area (Å²) in [4.78, 5) is 12.2. The van der Waals surface area contributed by atoms with Crippen LogP contribution in [0.3, 0.4) is 0 Å². The van der Waals surface area contributed by atoms with Gasteiger partial charge in [0.2, 0.25) is 0 Å². The van der Waals surface area contributed by atoms with Crippen molar-refractivity contribution in [3.05, 3.63) is 66.7 Å². The van der Waals surface area contributed by atoms with Crippen molar-refractivity contribution in [3.8, 4) is 0 Å². The second-order valence-electron chi connectivity index (χ2n) is 3.46. The molecule has 0 saturated carbocycles. The number of hydrogen-bond acceptors (Lipinski definition) is 1. The van der Waals surface area contributed by atoms with Gasteiger partial charge in [0.15, 0.2) is 5.78 Å². The third-order valence-corrected chi connectivity index (χ3v) is 3.89. The lowest BCUT2D eigenvalue weighted by atomic mass is 10.0. The van der Waals surface area contributed by atoms with Crippen molar-refractivity contribution in [3.63, 3.8) is 0 Å². The first-order chi connectivity index (χ1) is 8.08. The van der Waals surface area contributed by atoms with Crippen LogP contribution in [-0.4, -0.2) is 5.78 Å². The summed E-state index contributed by atoms with van der Waals surface area (Å²) in [5.74, 6) is -0.00931. The highest BCUT2D eigenvalue weighted by Gasteiger charge is 2.12. The van der Waals surface area contributed by atoms with Crippen molar-refractivity contribution in [2.24, 2.45) is 0 Å². The molecule has 0 fully saturated rings. The lowest BCUT2D eigenvalue weighted by Gasteiger charge is -2.04. The highest BCUT2D eigenvalue weighted by atomic mass is 127. The maximum absolute atomic E-state index is 12.2. The van der Waals surface area contributed by atoms with E-state index in [9.17, 15) is 4.79 Å². The van der Waals surface area contributed by atoms with Crippen molar-refractivity contribution in [2.45, 2.75) is 0 Å². The molecule has 0 unspecified atom stereocenters. The molecule has 0 aromatic heterocycles. The molecule has 0 radical (unpaired) electrons. The van der Waals surface area contributed by atoms with E-state index in [-0.39, 0.29) is 5.78 Å². The molecule has 0 atom stereocenters. The number of carbonyl (C=O) groups excluding carboxylic acids is 1. The Morgan fingerprint density at radius 1 is 1.12 bits per heavy atom. The summed E-state index contributed by atoms with van der Waals surface area (Å²) in [5, 5.41) is 0.607. The fourth-order valence-corrected chi connectivity index (χ4v) is 2.65.